The van der Waals surface area contributed by atoms with Gasteiger partial charge in [-0.2, -0.15) is 4.73 Å². The molecular weight excluding hydrogens is 490 g/mol. The fourth-order valence-corrected chi connectivity index (χ4v) is 4.79. The summed E-state index contributed by atoms with van der Waals surface area (Å²) < 4.78 is 7.55. The zero-order valence-corrected chi connectivity index (χ0v) is 22.1. The molecule has 0 bridgehead atoms. The number of H-pyrrole nitrogens is 1. The molecule has 3 aromatic carbocycles. The summed E-state index contributed by atoms with van der Waals surface area (Å²) in [5.41, 5.74) is 5.07. The van der Waals surface area contributed by atoms with E-state index in [2.05, 4.69) is 34.2 Å². The number of ether oxygens (including phenoxy) is 1. The molecule has 5 rings (SSSR count). The van der Waals surface area contributed by atoms with Gasteiger partial charge in [0, 0.05) is 30.5 Å². The lowest BCUT2D eigenvalue weighted by Gasteiger charge is -2.19. The van der Waals surface area contributed by atoms with E-state index >= 15 is 0 Å². The Morgan fingerprint density at radius 1 is 0.949 bits per heavy atom. The van der Waals surface area contributed by atoms with E-state index in [-0.39, 0.29) is 24.1 Å². The van der Waals surface area contributed by atoms with E-state index < -0.39 is 0 Å². The fourth-order valence-electron chi connectivity index (χ4n) is 4.79. The number of imidazole rings is 1. The quantitative estimate of drug-likeness (QED) is 0.259. The molecule has 0 aliphatic heterocycles. The van der Waals surface area contributed by atoms with Crippen molar-refractivity contribution >= 4 is 17.0 Å². The third-order valence-corrected chi connectivity index (χ3v) is 6.64. The number of aromatic nitrogens is 3. The smallest absolute Gasteiger partial charge is 0.332 e. The first-order valence-electron chi connectivity index (χ1n) is 13.2. The molecule has 0 aliphatic carbocycles. The number of benzene rings is 3. The second-order valence-corrected chi connectivity index (χ2v) is 9.43. The Balaban J connectivity index is 1.37. The zero-order chi connectivity index (χ0) is 27.2. The first-order valence-corrected chi connectivity index (χ1v) is 13.2. The van der Waals surface area contributed by atoms with Crippen LogP contribution in [-0.2, 0) is 11.2 Å². The predicted octanol–water partition coefficient (Wildman–Crippen LogP) is 5.59. The van der Waals surface area contributed by atoms with Crippen molar-refractivity contribution in [1.82, 2.24) is 14.7 Å². The van der Waals surface area contributed by atoms with Crippen LogP contribution in [0.2, 0.25) is 0 Å². The number of fused-ring (bicyclic) bond motifs is 1. The molecule has 2 aromatic heterocycles. The summed E-state index contributed by atoms with van der Waals surface area (Å²) in [5.74, 6) is 0.803. The molecular formula is C32H31N3O4. The lowest BCUT2D eigenvalue weighted by molar-refractivity contribution is -0.143. The molecule has 0 saturated carbocycles. The molecule has 0 atom stereocenters. The Morgan fingerprint density at radius 2 is 1.64 bits per heavy atom. The van der Waals surface area contributed by atoms with Crippen molar-refractivity contribution < 1.29 is 14.4 Å². The van der Waals surface area contributed by atoms with E-state index in [0.29, 0.717) is 47.4 Å². The van der Waals surface area contributed by atoms with Crippen LogP contribution in [0.15, 0.2) is 95.9 Å². The van der Waals surface area contributed by atoms with Gasteiger partial charge in [0.25, 0.3) is 5.56 Å². The topological polar surface area (TPSA) is 86.2 Å². The molecule has 0 spiro atoms. The number of nitrogens with one attached hydrogen (secondary N) is 1. The molecule has 39 heavy (non-hydrogen) atoms. The minimum Gasteiger partial charge on any atom is -0.491 e. The Kier molecular flexibility index (Phi) is 7.87. The van der Waals surface area contributed by atoms with Crippen LogP contribution in [0.3, 0.4) is 0 Å². The summed E-state index contributed by atoms with van der Waals surface area (Å²) in [5, 5.41) is 0. The highest BCUT2D eigenvalue weighted by molar-refractivity contribution is 5.83. The number of nitrogens with zero attached hydrogens (tertiary/aromatic N) is 2. The minimum absolute atomic E-state index is 0.0139. The van der Waals surface area contributed by atoms with Crippen molar-refractivity contribution in [1.29, 1.82) is 0 Å². The van der Waals surface area contributed by atoms with Crippen LogP contribution in [0, 0.1) is 6.92 Å². The number of aromatic amines is 1. The lowest BCUT2D eigenvalue weighted by Crippen LogP contribution is -2.20. The number of hydrogen-bond donors (Lipinski definition) is 1. The maximum Gasteiger partial charge on any atom is 0.332 e. The van der Waals surface area contributed by atoms with Crippen LogP contribution in [0.1, 0.15) is 53.8 Å². The van der Waals surface area contributed by atoms with Gasteiger partial charge in [-0.15, -0.1) is 0 Å². The van der Waals surface area contributed by atoms with E-state index in [1.807, 2.05) is 67.6 Å². The Hall–Kier alpha value is -4.65. The normalized spacial score (nSPS) is 11.2. The van der Waals surface area contributed by atoms with Gasteiger partial charge in [0.2, 0.25) is 0 Å². The molecule has 0 fully saturated rings. The average Bonchev–Trinajstić information content (AvgIpc) is 3.27. The van der Waals surface area contributed by atoms with Gasteiger partial charge >= 0.3 is 5.97 Å². The van der Waals surface area contributed by atoms with Gasteiger partial charge < -0.3 is 14.6 Å². The standard InChI is InChI=1S/C32H31N3O4/c1-3-11-29(36)39-35-22(2)34-31-27(35)16-10-17-28(31)38-19-18-25-20-26(21-33-32(25)37)30(23-12-6-4-7-13-23)24-14-8-5-9-15-24/h4-10,12-17,20-21,30H,3,11,18-19H2,1-2H3,(H,33,37). The van der Waals surface area contributed by atoms with Crippen LogP contribution < -0.4 is 15.1 Å². The van der Waals surface area contributed by atoms with Crippen LogP contribution in [-0.4, -0.2) is 27.3 Å². The zero-order valence-electron chi connectivity index (χ0n) is 22.1. The number of carbonyl (C=O) groups excluding carboxylic acids is 1. The molecule has 0 aliphatic rings. The summed E-state index contributed by atoms with van der Waals surface area (Å²) in [6, 6.07) is 28.0. The number of rotatable bonds is 10. The molecule has 0 saturated heterocycles. The lowest BCUT2D eigenvalue weighted by atomic mass is 9.85. The predicted molar refractivity (Wildman–Crippen MR) is 151 cm³/mol. The highest BCUT2D eigenvalue weighted by Crippen LogP contribution is 2.31. The van der Waals surface area contributed by atoms with Gasteiger partial charge in [-0.05, 0) is 48.2 Å². The van der Waals surface area contributed by atoms with E-state index in [0.717, 1.165) is 16.7 Å². The van der Waals surface area contributed by atoms with Gasteiger partial charge in [-0.25, -0.2) is 9.78 Å². The minimum atomic E-state index is -0.311. The van der Waals surface area contributed by atoms with Crippen molar-refractivity contribution in [3.8, 4) is 5.75 Å². The summed E-state index contributed by atoms with van der Waals surface area (Å²) in [6.45, 7) is 3.99. The highest BCUT2D eigenvalue weighted by atomic mass is 16.7. The maximum absolute atomic E-state index is 12.8. The Morgan fingerprint density at radius 3 is 2.31 bits per heavy atom. The van der Waals surface area contributed by atoms with E-state index in [1.165, 1.54) is 4.73 Å². The van der Waals surface area contributed by atoms with Gasteiger partial charge in [-0.1, -0.05) is 73.7 Å². The number of carbonyl (C=O) groups is 1. The fraction of sp³-hybridized carbons (Fsp3) is 0.219. The number of aryl methyl sites for hydroxylation is 1. The van der Waals surface area contributed by atoms with Crippen LogP contribution in [0.4, 0.5) is 0 Å². The summed E-state index contributed by atoms with van der Waals surface area (Å²) in [4.78, 5) is 37.8. The molecule has 7 heteroatoms. The number of hydrogen-bond acceptors (Lipinski definition) is 5. The molecule has 0 radical (unpaired) electrons. The molecule has 198 valence electrons. The SMILES string of the molecule is CCCC(=O)On1c(C)nc2c(OCCc3cc(C(c4ccccc4)c4ccccc4)c[nH]c3=O)cccc21. The van der Waals surface area contributed by atoms with E-state index in [4.69, 9.17) is 9.57 Å². The van der Waals surface area contributed by atoms with Crippen LogP contribution in [0.25, 0.3) is 11.0 Å². The molecule has 1 N–H and O–H groups in total. The molecule has 2 heterocycles. The maximum atomic E-state index is 12.8. The van der Waals surface area contributed by atoms with E-state index in [1.54, 1.807) is 13.1 Å². The van der Waals surface area contributed by atoms with Crippen LogP contribution >= 0.6 is 0 Å². The number of pyridine rings is 1. The number of para-hydroxylation sites is 1. The largest absolute Gasteiger partial charge is 0.491 e. The van der Waals surface area contributed by atoms with Crippen molar-refractivity contribution in [2.75, 3.05) is 6.61 Å². The molecule has 0 amide bonds. The van der Waals surface area contributed by atoms with Crippen molar-refractivity contribution in [2.24, 2.45) is 0 Å². The Labute approximate surface area is 227 Å². The van der Waals surface area contributed by atoms with Crippen molar-refractivity contribution in [3.05, 3.63) is 130 Å². The van der Waals surface area contributed by atoms with E-state index in [9.17, 15) is 9.59 Å². The van der Waals surface area contributed by atoms with Crippen molar-refractivity contribution in [2.45, 2.75) is 39.0 Å². The molecule has 0 unspecified atom stereocenters. The Bertz CT molecular complexity index is 1580. The van der Waals surface area contributed by atoms with Crippen LogP contribution in [0.5, 0.6) is 5.75 Å². The summed E-state index contributed by atoms with van der Waals surface area (Å²) >= 11 is 0. The second-order valence-electron chi connectivity index (χ2n) is 9.43. The van der Waals surface area contributed by atoms with Gasteiger partial charge in [0.1, 0.15) is 22.6 Å². The second kappa shape index (κ2) is 11.8. The molecule has 7 nitrogen and oxygen atoms in total. The first-order chi connectivity index (χ1) is 19.0. The van der Waals surface area contributed by atoms with Gasteiger partial charge in [-0.3, -0.25) is 4.79 Å². The van der Waals surface area contributed by atoms with Crippen molar-refractivity contribution in [3.63, 3.8) is 0 Å². The first kappa shape index (κ1) is 26.0. The molecule has 5 aromatic rings. The summed E-state index contributed by atoms with van der Waals surface area (Å²) in [7, 11) is 0. The average molecular weight is 522 g/mol. The van der Waals surface area contributed by atoms with Gasteiger partial charge in [0.15, 0.2) is 0 Å². The summed E-state index contributed by atoms with van der Waals surface area (Å²) in [6.07, 6.45) is 3.25. The highest BCUT2D eigenvalue weighted by Gasteiger charge is 2.19. The van der Waals surface area contributed by atoms with Gasteiger partial charge in [0.05, 0.1) is 6.61 Å². The monoisotopic (exact) mass is 521 g/mol. The third-order valence-electron chi connectivity index (χ3n) is 6.64. The third kappa shape index (κ3) is 5.77.